The van der Waals surface area contributed by atoms with E-state index in [4.69, 9.17) is 9.47 Å². The maximum absolute atomic E-state index is 11.8. The lowest BCUT2D eigenvalue weighted by atomic mass is 10.2. The van der Waals surface area contributed by atoms with Gasteiger partial charge >= 0.3 is 6.03 Å². The van der Waals surface area contributed by atoms with E-state index >= 15 is 0 Å². The third-order valence-corrected chi connectivity index (χ3v) is 3.35. The summed E-state index contributed by atoms with van der Waals surface area (Å²) in [5, 5.41) is 5.61. The van der Waals surface area contributed by atoms with E-state index in [1.165, 1.54) is 0 Å². The molecule has 1 aliphatic heterocycles. The van der Waals surface area contributed by atoms with Gasteiger partial charge in [-0.2, -0.15) is 0 Å². The second-order valence-electron chi connectivity index (χ2n) is 5.05. The summed E-state index contributed by atoms with van der Waals surface area (Å²) >= 11 is 0. The van der Waals surface area contributed by atoms with Crippen LogP contribution in [0.4, 0.5) is 4.79 Å². The Morgan fingerprint density at radius 3 is 2.55 bits per heavy atom. The van der Waals surface area contributed by atoms with Crippen molar-refractivity contribution in [2.75, 3.05) is 13.2 Å². The lowest BCUT2D eigenvalue weighted by Crippen LogP contribution is -2.44. The molecular formula is C17H18N2O3. The van der Waals surface area contributed by atoms with Crippen molar-refractivity contribution in [3.8, 4) is 11.5 Å². The highest BCUT2D eigenvalue weighted by molar-refractivity contribution is 5.73. The Kier molecular flexibility index (Phi) is 4.44. The van der Waals surface area contributed by atoms with Crippen molar-refractivity contribution in [1.82, 2.24) is 10.6 Å². The highest BCUT2D eigenvalue weighted by atomic mass is 16.6. The van der Waals surface area contributed by atoms with E-state index in [9.17, 15) is 4.79 Å². The van der Waals surface area contributed by atoms with E-state index in [1.54, 1.807) is 0 Å². The highest BCUT2D eigenvalue weighted by Crippen LogP contribution is 2.30. The summed E-state index contributed by atoms with van der Waals surface area (Å²) in [4.78, 5) is 11.8. The molecule has 0 spiro atoms. The van der Waals surface area contributed by atoms with E-state index in [-0.39, 0.29) is 12.1 Å². The second kappa shape index (κ2) is 6.85. The number of urea groups is 1. The monoisotopic (exact) mass is 298 g/mol. The van der Waals surface area contributed by atoms with Crippen LogP contribution >= 0.6 is 0 Å². The molecule has 5 heteroatoms. The molecule has 2 amide bonds. The number of rotatable bonds is 4. The van der Waals surface area contributed by atoms with Gasteiger partial charge in [-0.25, -0.2) is 4.79 Å². The van der Waals surface area contributed by atoms with Gasteiger partial charge in [0.1, 0.15) is 6.61 Å². The Bertz CT molecular complexity index is 631. The minimum atomic E-state index is -0.216. The number of hydrogen-bond donors (Lipinski definition) is 2. The van der Waals surface area contributed by atoms with Crippen molar-refractivity contribution < 1.29 is 14.3 Å². The van der Waals surface area contributed by atoms with E-state index < -0.39 is 0 Å². The molecule has 2 aromatic rings. The number of carbonyl (C=O) groups is 1. The molecule has 0 fully saturated rings. The number of amides is 2. The van der Waals surface area contributed by atoms with Crippen molar-refractivity contribution >= 4 is 6.03 Å². The third-order valence-electron chi connectivity index (χ3n) is 3.35. The first-order valence-corrected chi connectivity index (χ1v) is 7.25. The second-order valence-corrected chi connectivity index (χ2v) is 5.05. The molecule has 0 aliphatic carbocycles. The Morgan fingerprint density at radius 1 is 1.00 bits per heavy atom. The first kappa shape index (κ1) is 14.3. The number of ether oxygens (including phenoxy) is 2. The molecule has 2 N–H and O–H groups in total. The topological polar surface area (TPSA) is 59.6 Å². The number of carbonyl (C=O) groups excluding carboxylic acids is 1. The van der Waals surface area contributed by atoms with Crippen LogP contribution in [0.3, 0.4) is 0 Å². The van der Waals surface area contributed by atoms with Crippen molar-refractivity contribution in [3.63, 3.8) is 0 Å². The van der Waals surface area contributed by atoms with Gasteiger partial charge in [0.25, 0.3) is 0 Å². The zero-order chi connectivity index (χ0) is 15.2. The molecule has 114 valence electrons. The molecule has 22 heavy (non-hydrogen) atoms. The van der Waals surface area contributed by atoms with Gasteiger partial charge in [0, 0.05) is 6.54 Å². The normalized spacial score (nSPS) is 15.9. The maximum Gasteiger partial charge on any atom is 0.315 e. The average Bonchev–Trinajstić information content (AvgIpc) is 2.59. The minimum Gasteiger partial charge on any atom is -0.486 e. The van der Waals surface area contributed by atoms with E-state index in [0.29, 0.717) is 25.4 Å². The third kappa shape index (κ3) is 3.69. The van der Waals surface area contributed by atoms with Gasteiger partial charge in [-0.1, -0.05) is 42.5 Å². The number of nitrogens with one attached hydrogen (secondary N) is 2. The fourth-order valence-corrected chi connectivity index (χ4v) is 2.21. The molecule has 2 aromatic carbocycles. The molecule has 1 aliphatic rings. The zero-order valence-electron chi connectivity index (χ0n) is 12.1. The molecule has 0 aromatic heterocycles. The zero-order valence-corrected chi connectivity index (χ0v) is 12.1. The fourth-order valence-electron chi connectivity index (χ4n) is 2.21. The van der Waals surface area contributed by atoms with E-state index in [0.717, 1.165) is 11.3 Å². The first-order chi connectivity index (χ1) is 10.8. The average molecular weight is 298 g/mol. The molecular weight excluding hydrogens is 280 g/mol. The molecule has 0 bridgehead atoms. The highest BCUT2D eigenvalue weighted by Gasteiger charge is 2.20. The van der Waals surface area contributed by atoms with Crippen LogP contribution in [-0.2, 0) is 6.54 Å². The number of benzene rings is 2. The lowest BCUT2D eigenvalue weighted by Gasteiger charge is -2.26. The molecule has 1 atom stereocenters. The van der Waals surface area contributed by atoms with E-state index in [2.05, 4.69) is 10.6 Å². The predicted molar refractivity (Wildman–Crippen MR) is 83.0 cm³/mol. The molecule has 0 unspecified atom stereocenters. The quantitative estimate of drug-likeness (QED) is 0.910. The Labute approximate surface area is 129 Å². The molecule has 1 heterocycles. The Hall–Kier alpha value is -2.69. The van der Waals surface area contributed by atoms with Crippen LogP contribution in [0.1, 0.15) is 5.56 Å². The number of hydrogen-bond acceptors (Lipinski definition) is 3. The number of fused-ring (bicyclic) bond motifs is 1. The maximum atomic E-state index is 11.8. The summed E-state index contributed by atoms with van der Waals surface area (Å²) in [6.07, 6.45) is -0.183. The largest absolute Gasteiger partial charge is 0.486 e. The first-order valence-electron chi connectivity index (χ1n) is 7.25. The van der Waals surface area contributed by atoms with Crippen molar-refractivity contribution in [1.29, 1.82) is 0 Å². The molecule has 0 radical (unpaired) electrons. The van der Waals surface area contributed by atoms with Crippen molar-refractivity contribution in [2.45, 2.75) is 12.6 Å². The van der Waals surface area contributed by atoms with E-state index in [1.807, 2.05) is 54.6 Å². The summed E-state index contributed by atoms with van der Waals surface area (Å²) in [6.45, 7) is 1.32. The summed E-state index contributed by atoms with van der Waals surface area (Å²) in [5.41, 5.74) is 1.06. The summed E-state index contributed by atoms with van der Waals surface area (Å²) in [7, 11) is 0. The summed E-state index contributed by atoms with van der Waals surface area (Å²) in [6, 6.07) is 17.1. The summed E-state index contributed by atoms with van der Waals surface area (Å²) in [5.74, 6) is 1.46. The van der Waals surface area contributed by atoms with Gasteiger partial charge in [0.15, 0.2) is 17.6 Å². The van der Waals surface area contributed by atoms with Crippen LogP contribution < -0.4 is 20.1 Å². The van der Waals surface area contributed by atoms with Crippen LogP contribution in [0.2, 0.25) is 0 Å². The molecule has 0 saturated carbocycles. The lowest BCUT2D eigenvalue weighted by molar-refractivity contribution is 0.0918. The molecule has 0 saturated heterocycles. The van der Waals surface area contributed by atoms with Crippen molar-refractivity contribution in [2.24, 2.45) is 0 Å². The van der Waals surface area contributed by atoms with Gasteiger partial charge in [0.05, 0.1) is 6.54 Å². The molecule has 5 nitrogen and oxygen atoms in total. The van der Waals surface area contributed by atoms with Crippen LogP contribution in [0.25, 0.3) is 0 Å². The van der Waals surface area contributed by atoms with Gasteiger partial charge in [-0.15, -0.1) is 0 Å². The van der Waals surface area contributed by atoms with Gasteiger partial charge in [-0.3, -0.25) is 0 Å². The van der Waals surface area contributed by atoms with Gasteiger partial charge in [0.2, 0.25) is 0 Å². The van der Waals surface area contributed by atoms with Crippen LogP contribution in [0.5, 0.6) is 11.5 Å². The van der Waals surface area contributed by atoms with Crippen LogP contribution in [0.15, 0.2) is 54.6 Å². The standard InChI is InChI=1S/C17H18N2O3/c20-17(18-10-13-6-2-1-3-7-13)19-11-14-12-21-15-8-4-5-9-16(15)22-14/h1-9,14H,10-12H2,(H2,18,19,20)/t14-/m0/s1. The fraction of sp³-hybridized carbons (Fsp3) is 0.235. The Morgan fingerprint density at radius 2 is 1.73 bits per heavy atom. The number of para-hydroxylation sites is 2. The summed E-state index contributed by atoms with van der Waals surface area (Å²) < 4.78 is 11.4. The van der Waals surface area contributed by atoms with Crippen LogP contribution in [0, 0.1) is 0 Å². The SMILES string of the molecule is O=C(NCc1ccccc1)NC[C@H]1COc2ccccc2O1. The smallest absolute Gasteiger partial charge is 0.315 e. The van der Waals surface area contributed by atoms with Gasteiger partial charge < -0.3 is 20.1 Å². The minimum absolute atomic E-state index is 0.183. The predicted octanol–water partition coefficient (Wildman–Crippen LogP) is 2.33. The van der Waals surface area contributed by atoms with Crippen molar-refractivity contribution in [3.05, 3.63) is 60.2 Å². The van der Waals surface area contributed by atoms with Crippen LogP contribution in [-0.4, -0.2) is 25.3 Å². The van der Waals surface area contributed by atoms with Gasteiger partial charge in [-0.05, 0) is 17.7 Å². The Balaban J connectivity index is 1.42. The molecule has 3 rings (SSSR count).